The van der Waals surface area contributed by atoms with Gasteiger partial charge < -0.3 is 14.2 Å². The maximum absolute atomic E-state index is 5.57. The monoisotopic (exact) mass is 301 g/mol. The number of rotatable bonds is 6. The fraction of sp³-hybridized carbons (Fsp3) is 0.400. The molecule has 116 valence electrons. The third kappa shape index (κ3) is 3.09. The Bertz CT molecular complexity index is 716. The number of aryl methyl sites for hydroxylation is 1. The number of nitrogens with one attached hydrogen (secondary N) is 1. The summed E-state index contributed by atoms with van der Waals surface area (Å²) in [5, 5.41) is 15.7. The first-order valence-electron chi connectivity index (χ1n) is 7.24. The molecule has 0 saturated carbocycles. The van der Waals surface area contributed by atoms with Crippen LogP contribution in [-0.2, 0) is 6.54 Å². The van der Waals surface area contributed by atoms with Gasteiger partial charge in [0.05, 0.1) is 25.0 Å². The molecule has 1 N–H and O–H groups in total. The van der Waals surface area contributed by atoms with Gasteiger partial charge in [0.1, 0.15) is 0 Å². The number of nitrogens with zero attached hydrogens (tertiary/aromatic N) is 4. The van der Waals surface area contributed by atoms with Crippen LogP contribution in [0, 0.1) is 6.92 Å². The molecule has 0 amide bonds. The van der Waals surface area contributed by atoms with Gasteiger partial charge in [-0.3, -0.25) is 4.68 Å². The molecule has 7 nitrogen and oxygen atoms in total. The minimum atomic E-state index is 0.207. The van der Waals surface area contributed by atoms with E-state index in [9.17, 15) is 0 Å². The SMILES string of the molecule is Cc1cnn([C@H](C)[C@H](C)NCc2nnc(-c3ccco3)o2)c1. The van der Waals surface area contributed by atoms with Crippen molar-refractivity contribution in [1.29, 1.82) is 0 Å². The highest BCUT2D eigenvalue weighted by molar-refractivity contribution is 5.42. The lowest BCUT2D eigenvalue weighted by atomic mass is 10.2. The number of hydrogen-bond acceptors (Lipinski definition) is 6. The summed E-state index contributed by atoms with van der Waals surface area (Å²) in [6, 6.07) is 4.00. The van der Waals surface area contributed by atoms with E-state index < -0.39 is 0 Å². The molecule has 0 aliphatic carbocycles. The van der Waals surface area contributed by atoms with Crippen LogP contribution in [-0.4, -0.2) is 26.0 Å². The van der Waals surface area contributed by atoms with Crippen LogP contribution in [0.1, 0.15) is 31.3 Å². The second-order valence-electron chi connectivity index (χ2n) is 5.39. The number of hydrogen-bond donors (Lipinski definition) is 1. The summed E-state index contributed by atoms with van der Waals surface area (Å²) in [6.07, 6.45) is 5.47. The van der Waals surface area contributed by atoms with Crippen molar-refractivity contribution in [3.63, 3.8) is 0 Å². The molecule has 2 atom stereocenters. The Morgan fingerprint density at radius 1 is 1.32 bits per heavy atom. The predicted octanol–water partition coefficient (Wildman–Crippen LogP) is 2.57. The summed E-state index contributed by atoms with van der Waals surface area (Å²) in [6.45, 7) is 6.75. The van der Waals surface area contributed by atoms with Gasteiger partial charge in [0.25, 0.3) is 5.89 Å². The molecule has 3 aromatic heterocycles. The van der Waals surface area contributed by atoms with E-state index in [0.717, 1.165) is 5.56 Å². The summed E-state index contributed by atoms with van der Waals surface area (Å²) >= 11 is 0. The molecular weight excluding hydrogens is 282 g/mol. The van der Waals surface area contributed by atoms with Gasteiger partial charge in [0.2, 0.25) is 5.89 Å². The lowest BCUT2D eigenvalue weighted by molar-refractivity contribution is 0.348. The fourth-order valence-electron chi connectivity index (χ4n) is 2.13. The maximum atomic E-state index is 5.57. The van der Waals surface area contributed by atoms with Crippen molar-refractivity contribution in [1.82, 2.24) is 25.3 Å². The quantitative estimate of drug-likeness (QED) is 0.753. The maximum Gasteiger partial charge on any atom is 0.283 e. The molecular formula is C15H19N5O2. The third-order valence-electron chi connectivity index (χ3n) is 3.65. The zero-order valence-electron chi connectivity index (χ0n) is 12.9. The average molecular weight is 301 g/mol. The molecule has 0 bridgehead atoms. The summed E-state index contributed by atoms with van der Waals surface area (Å²) in [7, 11) is 0. The smallest absolute Gasteiger partial charge is 0.283 e. The van der Waals surface area contributed by atoms with Crippen molar-refractivity contribution in [2.75, 3.05) is 0 Å². The van der Waals surface area contributed by atoms with Crippen molar-refractivity contribution in [3.8, 4) is 11.7 Å². The van der Waals surface area contributed by atoms with Crippen LogP contribution in [0.4, 0.5) is 0 Å². The van der Waals surface area contributed by atoms with Gasteiger partial charge in [-0.25, -0.2) is 0 Å². The molecule has 3 rings (SSSR count). The van der Waals surface area contributed by atoms with Gasteiger partial charge >= 0.3 is 0 Å². The summed E-state index contributed by atoms with van der Waals surface area (Å²) in [5.41, 5.74) is 1.15. The van der Waals surface area contributed by atoms with Crippen molar-refractivity contribution < 1.29 is 8.83 Å². The zero-order valence-corrected chi connectivity index (χ0v) is 12.9. The minimum absolute atomic E-state index is 0.207. The van der Waals surface area contributed by atoms with Gasteiger partial charge in [0.15, 0.2) is 5.76 Å². The van der Waals surface area contributed by atoms with E-state index in [1.807, 2.05) is 24.0 Å². The Morgan fingerprint density at radius 2 is 2.18 bits per heavy atom. The largest absolute Gasteiger partial charge is 0.459 e. The highest BCUT2D eigenvalue weighted by Crippen LogP contribution is 2.18. The van der Waals surface area contributed by atoms with Gasteiger partial charge in [0, 0.05) is 12.2 Å². The van der Waals surface area contributed by atoms with Gasteiger partial charge in [-0.1, -0.05) is 0 Å². The first kappa shape index (κ1) is 14.5. The predicted molar refractivity (Wildman–Crippen MR) is 80.0 cm³/mol. The standard InChI is InChI=1S/C15H19N5O2/c1-10-7-17-20(9-10)12(3)11(2)16-8-14-18-19-15(22-14)13-5-4-6-21-13/h4-7,9,11-12,16H,8H2,1-3H3/t11-,12+/m0/s1. The van der Waals surface area contributed by atoms with E-state index >= 15 is 0 Å². The highest BCUT2D eigenvalue weighted by Gasteiger charge is 2.16. The molecule has 3 heterocycles. The molecule has 0 aromatic carbocycles. The Labute approximate surface area is 128 Å². The molecule has 0 radical (unpaired) electrons. The van der Waals surface area contributed by atoms with E-state index in [0.29, 0.717) is 24.1 Å². The first-order valence-corrected chi connectivity index (χ1v) is 7.24. The lowest BCUT2D eigenvalue weighted by Gasteiger charge is -2.21. The minimum Gasteiger partial charge on any atom is -0.459 e. The van der Waals surface area contributed by atoms with Crippen LogP contribution in [0.3, 0.4) is 0 Å². The summed E-state index contributed by atoms with van der Waals surface area (Å²) < 4.78 is 12.7. The number of aromatic nitrogens is 4. The van der Waals surface area contributed by atoms with Crippen LogP contribution in [0.15, 0.2) is 39.6 Å². The molecule has 0 saturated heterocycles. The molecule has 7 heteroatoms. The summed E-state index contributed by atoms with van der Waals surface area (Å²) in [5.74, 6) is 1.50. The Morgan fingerprint density at radius 3 is 2.86 bits per heavy atom. The van der Waals surface area contributed by atoms with Crippen LogP contribution < -0.4 is 5.32 Å². The average Bonchev–Trinajstić information content (AvgIpc) is 3.24. The van der Waals surface area contributed by atoms with Gasteiger partial charge in [-0.2, -0.15) is 5.10 Å². The lowest BCUT2D eigenvalue weighted by Crippen LogP contribution is -2.33. The fourth-order valence-corrected chi connectivity index (χ4v) is 2.13. The van der Waals surface area contributed by atoms with Crippen LogP contribution >= 0.6 is 0 Å². The Hall–Kier alpha value is -2.41. The first-order chi connectivity index (χ1) is 10.6. The third-order valence-corrected chi connectivity index (χ3v) is 3.65. The molecule has 22 heavy (non-hydrogen) atoms. The normalized spacial score (nSPS) is 14.1. The van der Waals surface area contributed by atoms with E-state index in [-0.39, 0.29) is 12.1 Å². The van der Waals surface area contributed by atoms with E-state index in [1.54, 1.807) is 18.4 Å². The van der Waals surface area contributed by atoms with E-state index in [1.165, 1.54) is 0 Å². The molecule has 0 aliphatic heterocycles. The molecule has 0 fully saturated rings. The molecule has 0 aliphatic rings. The van der Waals surface area contributed by atoms with Gasteiger partial charge in [-0.05, 0) is 38.5 Å². The molecule has 3 aromatic rings. The van der Waals surface area contributed by atoms with Crippen molar-refractivity contribution in [2.45, 2.75) is 39.4 Å². The van der Waals surface area contributed by atoms with Crippen molar-refractivity contribution >= 4 is 0 Å². The zero-order chi connectivity index (χ0) is 15.5. The molecule has 0 unspecified atom stereocenters. The van der Waals surface area contributed by atoms with Crippen molar-refractivity contribution in [3.05, 3.63) is 42.2 Å². The van der Waals surface area contributed by atoms with Gasteiger partial charge in [-0.15, -0.1) is 10.2 Å². The second-order valence-corrected chi connectivity index (χ2v) is 5.39. The number of furan rings is 1. The Kier molecular flexibility index (Phi) is 4.06. The topological polar surface area (TPSA) is 81.9 Å². The Balaban J connectivity index is 1.58. The van der Waals surface area contributed by atoms with Crippen molar-refractivity contribution in [2.24, 2.45) is 0 Å². The van der Waals surface area contributed by atoms with E-state index in [4.69, 9.17) is 8.83 Å². The summed E-state index contributed by atoms with van der Waals surface area (Å²) in [4.78, 5) is 0. The highest BCUT2D eigenvalue weighted by atomic mass is 16.4. The van der Waals surface area contributed by atoms with Crippen LogP contribution in [0.2, 0.25) is 0 Å². The molecule has 0 spiro atoms. The van der Waals surface area contributed by atoms with Crippen LogP contribution in [0.25, 0.3) is 11.7 Å². The van der Waals surface area contributed by atoms with Crippen LogP contribution in [0.5, 0.6) is 0 Å². The van der Waals surface area contributed by atoms with E-state index in [2.05, 4.69) is 34.5 Å². The second kappa shape index (κ2) is 6.15.